The highest BCUT2D eigenvalue weighted by Crippen LogP contribution is 2.57. The second kappa shape index (κ2) is 5.20. The Morgan fingerprint density at radius 3 is 2.76 bits per heavy atom. The summed E-state index contributed by atoms with van der Waals surface area (Å²) < 4.78 is 20.9. The third-order valence-electron chi connectivity index (χ3n) is 4.56. The molecule has 0 N–H and O–H groups in total. The van der Waals surface area contributed by atoms with Gasteiger partial charge in [0.1, 0.15) is 12.2 Å². The van der Waals surface area contributed by atoms with Gasteiger partial charge in [-0.25, -0.2) is 14.6 Å². The van der Waals surface area contributed by atoms with Crippen molar-refractivity contribution in [2.45, 2.75) is 44.4 Å². The average molecular weight is 297 g/mol. The Kier molecular flexibility index (Phi) is 3.51. The van der Waals surface area contributed by atoms with E-state index in [4.69, 9.17) is 18.9 Å². The van der Waals surface area contributed by atoms with E-state index in [1.54, 1.807) is 13.8 Å². The summed E-state index contributed by atoms with van der Waals surface area (Å²) in [4.78, 5) is 28.4. The van der Waals surface area contributed by atoms with Crippen LogP contribution in [0.3, 0.4) is 0 Å². The number of rotatable bonds is 4. The molecule has 0 spiro atoms. The molecular weight excluding hydrogens is 278 g/mol. The molecule has 21 heavy (non-hydrogen) atoms. The lowest BCUT2D eigenvalue weighted by Gasteiger charge is -2.42. The molecular formula is C14H19NO6. The minimum atomic E-state index is -1.17. The first-order chi connectivity index (χ1) is 10.1. The summed E-state index contributed by atoms with van der Waals surface area (Å²) in [7, 11) is 0. The molecule has 0 aromatic rings. The Balaban J connectivity index is 1.90. The third kappa shape index (κ3) is 1.98. The molecule has 0 aromatic carbocycles. The molecule has 2 fully saturated rings. The van der Waals surface area contributed by atoms with Gasteiger partial charge in [0.25, 0.3) is 0 Å². The van der Waals surface area contributed by atoms with Gasteiger partial charge in [-0.2, -0.15) is 0 Å². The molecule has 3 rings (SSSR count). The van der Waals surface area contributed by atoms with Crippen LogP contribution in [0, 0.1) is 11.8 Å². The topological polar surface area (TPSA) is 83.4 Å². The maximum Gasteiger partial charge on any atom is 0.508 e. The molecule has 2 aliphatic carbocycles. The molecule has 5 atom stereocenters. The fraction of sp³-hybridized carbons (Fsp3) is 0.786. The number of esters is 1. The van der Waals surface area contributed by atoms with Crippen LogP contribution in [0.2, 0.25) is 0 Å². The number of hydrogen-bond donors (Lipinski definition) is 0. The van der Waals surface area contributed by atoms with Gasteiger partial charge in [-0.05, 0) is 26.7 Å². The molecule has 1 heterocycles. The molecule has 7 nitrogen and oxygen atoms in total. The van der Waals surface area contributed by atoms with E-state index in [0.717, 1.165) is 12.8 Å². The average Bonchev–Trinajstić information content (AvgIpc) is 3.00. The molecule has 1 unspecified atom stereocenters. The van der Waals surface area contributed by atoms with E-state index in [-0.39, 0.29) is 31.2 Å². The van der Waals surface area contributed by atoms with Crippen molar-refractivity contribution in [3.8, 4) is 0 Å². The lowest BCUT2D eigenvalue weighted by atomic mass is 9.76. The lowest BCUT2D eigenvalue weighted by Crippen LogP contribution is -2.60. The van der Waals surface area contributed by atoms with Crippen LogP contribution in [-0.2, 0) is 23.7 Å². The van der Waals surface area contributed by atoms with E-state index < -0.39 is 23.8 Å². The smallest absolute Gasteiger partial charge is 0.480 e. The summed E-state index contributed by atoms with van der Waals surface area (Å²) >= 11 is 0. The maximum absolute atomic E-state index is 12.5. The van der Waals surface area contributed by atoms with E-state index in [0.29, 0.717) is 0 Å². The molecule has 7 heteroatoms. The molecule has 0 radical (unpaired) electrons. The van der Waals surface area contributed by atoms with Gasteiger partial charge < -0.3 is 18.9 Å². The summed E-state index contributed by atoms with van der Waals surface area (Å²) in [6.07, 6.45) is 1.32. The molecule has 0 amide bonds. The Labute approximate surface area is 122 Å². The first-order valence-corrected chi connectivity index (χ1v) is 7.33. The monoisotopic (exact) mass is 297 g/mol. The highest BCUT2D eigenvalue weighted by atomic mass is 16.7. The zero-order valence-electron chi connectivity index (χ0n) is 12.1. The molecule has 2 saturated carbocycles. The van der Waals surface area contributed by atoms with Crippen LogP contribution in [0.4, 0.5) is 4.79 Å². The summed E-state index contributed by atoms with van der Waals surface area (Å²) in [6, 6.07) is 0. The molecule has 0 aromatic heterocycles. The van der Waals surface area contributed by atoms with Crippen molar-refractivity contribution in [2.75, 3.05) is 13.2 Å². The van der Waals surface area contributed by atoms with Gasteiger partial charge in [-0.15, -0.1) is 0 Å². The summed E-state index contributed by atoms with van der Waals surface area (Å²) in [6.45, 7) is 3.92. The third-order valence-corrected chi connectivity index (χ3v) is 4.56. The Morgan fingerprint density at radius 1 is 1.29 bits per heavy atom. The van der Waals surface area contributed by atoms with E-state index >= 15 is 0 Å². The number of fused-ring (bicyclic) bond motifs is 1. The van der Waals surface area contributed by atoms with E-state index in [1.807, 2.05) is 0 Å². The predicted molar refractivity (Wildman–Crippen MR) is 70.8 cm³/mol. The van der Waals surface area contributed by atoms with Gasteiger partial charge in [0.05, 0.1) is 13.2 Å². The van der Waals surface area contributed by atoms with Crippen LogP contribution in [0.5, 0.6) is 0 Å². The van der Waals surface area contributed by atoms with Crippen molar-refractivity contribution in [1.29, 1.82) is 0 Å². The predicted octanol–water partition coefficient (Wildman–Crippen LogP) is 1.30. The normalized spacial score (nSPS) is 38.8. The number of carbonyl (C=O) groups is 2. The number of ether oxygens (including phenoxy) is 4. The zero-order valence-corrected chi connectivity index (χ0v) is 12.1. The fourth-order valence-corrected chi connectivity index (χ4v) is 3.84. The van der Waals surface area contributed by atoms with Crippen LogP contribution in [0.25, 0.3) is 0 Å². The first-order valence-electron chi connectivity index (χ1n) is 7.33. The van der Waals surface area contributed by atoms with Crippen LogP contribution >= 0.6 is 0 Å². The molecule has 3 aliphatic rings. The molecule has 2 bridgehead atoms. The van der Waals surface area contributed by atoms with Crippen molar-refractivity contribution in [3.63, 3.8) is 0 Å². The van der Waals surface area contributed by atoms with Gasteiger partial charge >= 0.3 is 12.1 Å². The van der Waals surface area contributed by atoms with Crippen molar-refractivity contribution in [2.24, 2.45) is 16.8 Å². The Bertz CT molecular complexity index is 478. The van der Waals surface area contributed by atoms with E-state index in [9.17, 15) is 9.59 Å². The second-order valence-corrected chi connectivity index (χ2v) is 5.51. The van der Waals surface area contributed by atoms with Gasteiger partial charge in [0, 0.05) is 11.8 Å². The highest BCUT2D eigenvalue weighted by Gasteiger charge is 2.71. The van der Waals surface area contributed by atoms with Crippen LogP contribution in [0.15, 0.2) is 4.99 Å². The fourth-order valence-electron chi connectivity index (χ4n) is 3.84. The van der Waals surface area contributed by atoms with Crippen molar-refractivity contribution in [3.05, 3.63) is 0 Å². The van der Waals surface area contributed by atoms with Crippen molar-refractivity contribution < 1.29 is 28.5 Å². The number of aliphatic imine (C=N–C) groups is 1. The van der Waals surface area contributed by atoms with Crippen molar-refractivity contribution in [1.82, 2.24) is 0 Å². The lowest BCUT2D eigenvalue weighted by molar-refractivity contribution is -0.162. The largest absolute Gasteiger partial charge is 0.508 e. The quantitative estimate of drug-likeness (QED) is 0.727. The minimum absolute atomic E-state index is 0.0475. The number of nitrogens with zero attached hydrogens (tertiary/aromatic N) is 1. The first kappa shape index (κ1) is 14.2. The Hall–Kier alpha value is -1.79. The van der Waals surface area contributed by atoms with E-state index in [2.05, 4.69) is 4.99 Å². The van der Waals surface area contributed by atoms with Gasteiger partial charge in [0.2, 0.25) is 5.54 Å². The van der Waals surface area contributed by atoms with E-state index in [1.165, 1.54) is 6.40 Å². The molecule has 1 aliphatic heterocycles. The highest BCUT2D eigenvalue weighted by molar-refractivity contribution is 5.86. The van der Waals surface area contributed by atoms with Crippen LogP contribution in [0.1, 0.15) is 26.7 Å². The molecule has 116 valence electrons. The zero-order chi connectivity index (χ0) is 15.0. The number of carbonyl (C=O) groups excluding carboxylic acids is 2. The standard InChI is InChI=1S/C14H19NO6/c1-3-18-12(16)14-9-5-8(6-10(9)20-7-15-14)11(14)21-13(17)19-4-2/h7-11H,3-6H2,1-2H3/t8-,9?,10-,11+,14-/m1/s1. The van der Waals surface area contributed by atoms with Gasteiger partial charge in [-0.1, -0.05) is 0 Å². The van der Waals surface area contributed by atoms with Crippen molar-refractivity contribution >= 4 is 18.5 Å². The minimum Gasteiger partial charge on any atom is -0.480 e. The Morgan fingerprint density at radius 2 is 2.05 bits per heavy atom. The summed E-state index contributed by atoms with van der Waals surface area (Å²) in [5, 5.41) is 0. The second-order valence-electron chi connectivity index (χ2n) is 5.51. The number of hydrogen-bond acceptors (Lipinski definition) is 7. The summed E-state index contributed by atoms with van der Waals surface area (Å²) in [5.74, 6) is -0.506. The van der Waals surface area contributed by atoms with Crippen LogP contribution < -0.4 is 0 Å². The SMILES string of the molecule is CCOC(=O)O[C@H]1[C@@H]2CC3[C@@H](C2)OC=N[C@]31C(=O)OCC. The van der Waals surface area contributed by atoms with Gasteiger partial charge in [-0.3, -0.25) is 0 Å². The maximum atomic E-state index is 12.5. The summed E-state index contributed by atoms with van der Waals surface area (Å²) in [5.41, 5.74) is -1.17. The molecule has 0 saturated heterocycles. The van der Waals surface area contributed by atoms with Crippen LogP contribution in [-0.4, -0.2) is 49.5 Å². The van der Waals surface area contributed by atoms with Gasteiger partial charge in [0.15, 0.2) is 6.40 Å².